The van der Waals surface area contributed by atoms with E-state index in [0.29, 0.717) is 5.56 Å². The number of benzene rings is 1. The van der Waals surface area contributed by atoms with Crippen LogP contribution >= 0.6 is 11.6 Å². The van der Waals surface area contributed by atoms with Gasteiger partial charge >= 0.3 is 0 Å². The zero-order chi connectivity index (χ0) is 14.2. The molecule has 1 aromatic heterocycles. The number of carbonyl (C=O) groups is 1. The molecule has 0 unspecified atom stereocenters. The number of alkyl halides is 1. The molecule has 2 aromatic rings. The van der Waals surface area contributed by atoms with Crippen LogP contribution in [0.5, 0.6) is 0 Å². The maximum absolute atomic E-state index is 11.9. The van der Waals surface area contributed by atoms with Gasteiger partial charge in [-0.15, -0.1) is 11.6 Å². The van der Waals surface area contributed by atoms with Crippen molar-refractivity contribution in [2.75, 3.05) is 5.88 Å². The van der Waals surface area contributed by atoms with Crippen LogP contribution in [-0.4, -0.2) is 21.4 Å². The predicted octanol–water partition coefficient (Wildman–Crippen LogP) is 3.53. The molecule has 0 spiro atoms. The van der Waals surface area contributed by atoms with Crippen molar-refractivity contribution in [1.29, 1.82) is 0 Å². The van der Waals surface area contributed by atoms with Crippen LogP contribution in [-0.2, 0) is 0 Å². The number of hydrogen-bond donors (Lipinski definition) is 0. The second-order valence-corrected chi connectivity index (χ2v) is 5.02. The summed E-state index contributed by atoms with van der Waals surface area (Å²) in [6, 6.07) is 6.11. The molecule has 0 atom stereocenters. The quantitative estimate of drug-likeness (QED) is 0.635. The van der Waals surface area contributed by atoms with Crippen LogP contribution in [0, 0.1) is 27.7 Å². The molecule has 0 N–H and O–H groups in total. The van der Waals surface area contributed by atoms with Gasteiger partial charge in [-0.1, -0.05) is 18.2 Å². The smallest absolute Gasteiger partial charge is 0.181 e. The van der Waals surface area contributed by atoms with E-state index < -0.39 is 0 Å². The predicted molar refractivity (Wildman–Crippen MR) is 77.6 cm³/mol. The molecule has 2 rings (SSSR count). The van der Waals surface area contributed by atoms with E-state index in [9.17, 15) is 4.79 Å². The highest BCUT2D eigenvalue weighted by molar-refractivity contribution is 6.30. The molecule has 0 bridgehead atoms. The second-order valence-electron chi connectivity index (χ2n) is 4.75. The number of aryl methyl sites for hydroxylation is 3. The monoisotopic (exact) mass is 276 g/mol. The normalized spacial score (nSPS) is 10.8. The maximum Gasteiger partial charge on any atom is 0.181 e. The topological polar surface area (TPSA) is 34.9 Å². The van der Waals surface area contributed by atoms with Crippen LogP contribution in [0.1, 0.15) is 32.9 Å². The summed E-state index contributed by atoms with van der Waals surface area (Å²) in [6.07, 6.45) is 0. The minimum atomic E-state index is -0.0749. The van der Waals surface area contributed by atoms with Crippen molar-refractivity contribution in [3.05, 3.63) is 46.3 Å². The average molecular weight is 277 g/mol. The first-order chi connectivity index (χ1) is 8.97. The molecule has 19 heavy (non-hydrogen) atoms. The summed E-state index contributed by atoms with van der Waals surface area (Å²) in [6.45, 7) is 7.84. The molecule has 4 heteroatoms. The third-order valence-electron chi connectivity index (χ3n) is 3.34. The van der Waals surface area contributed by atoms with Gasteiger partial charge < -0.3 is 0 Å². The lowest BCUT2D eigenvalue weighted by Gasteiger charge is -2.11. The fourth-order valence-electron chi connectivity index (χ4n) is 2.47. The molecule has 0 saturated heterocycles. The number of para-hydroxylation sites is 1. The zero-order valence-corrected chi connectivity index (χ0v) is 12.4. The van der Waals surface area contributed by atoms with Gasteiger partial charge in [0, 0.05) is 0 Å². The fraction of sp³-hybridized carbons (Fsp3) is 0.333. The maximum atomic E-state index is 11.9. The van der Waals surface area contributed by atoms with E-state index in [0.717, 1.165) is 28.2 Å². The van der Waals surface area contributed by atoms with Crippen LogP contribution in [0.15, 0.2) is 18.2 Å². The first-order valence-electron chi connectivity index (χ1n) is 6.19. The summed E-state index contributed by atoms with van der Waals surface area (Å²) in [5, 5.41) is 4.51. The molecule has 0 aliphatic rings. The van der Waals surface area contributed by atoms with E-state index in [1.165, 1.54) is 0 Å². The van der Waals surface area contributed by atoms with E-state index >= 15 is 0 Å². The highest BCUT2D eigenvalue weighted by atomic mass is 35.5. The van der Waals surface area contributed by atoms with E-state index in [-0.39, 0.29) is 11.7 Å². The van der Waals surface area contributed by atoms with Gasteiger partial charge in [-0.25, -0.2) is 4.68 Å². The molecule has 0 aliphatic heterocycles. The summed E-state index contributed by atoms with van der Waals surface area (Å²) in [7, 11) is 0. The molecule has 3 nitrogen and oxygen atoms in total. The van der Waals surface area contributed by atoms with Crippen LogP contribution < -0.4 is 0 Å². The van der Waals surface area contributed by atoms with E-state index in [2.05, 4.69) is 5.10 Å². The molecule has 0 amide bonds. The van der Waals surface area contributed by atoms with Crippen molar-refractivity contribution >= 4 is 17.4 Å². The molecule has 1 aromatic carbocycles. The van der Waals surface area contributed by atoms with E-state index in [4.69, 9.17) is 11.6 Å². The summed E-state index contributed by atoms with van der Waals surface area (Å²) in [5.41, 5.74) is 5.52. The van der Waals surface area contributed by atoms with Crippen molar-refractivity contribution in [2.45, 2.75) is 27.7 Å². The highest BCUT2D eigenvalue weighted by Gasteiger charge is 2.19. The first kappa shape index (κ1) is 13.8. The van der Waals surface area contributed by atoms with Gasteiger partial charge in [0.25, 0.3) is 0 Å². The molecule has 0 fully saturated rings. The number of rotatable bonds is 3. The van der Waals surface area contributed by atoms with Crippen molar-refractivity contribution in [2.24, 2.45) is 0 Å². The van der Waals surface area contributed by atoms with Crippen molar-refractivity contribution in [1.82, 2.24) is 9.78 Å². The summed E-state index contributed by atoms with van der Waals surface area (Å²) in [5.74, 6) is -0.0886. The zero-order valence-electron chi connectivity index (χ0n) is 11.6. The molecular weight excluding hydrogens is 260 g/mol. The minimum Gasteiger partial charge on any atom is -0.293 e. The lowest BCUT2D eigenvalue weighted by Crippen LogP contribution is -2.06. The Hall–Kier alpha value is -1.61. The SMILES string of the molecule is Cc1cccc(C)c1-n1nc(C)c(C(=O)CCl)c1C. The van der Waals surface area contributed by atoms with Gasteiger partial charge in [0.2, 0.25) is 0 Å². The van der Waals surface area contributed by atoms with Crippen molar-refractivity contribution in [3.8, 4) is 5.69 Å². The van der Waals surface area contributed by atoms with Crippen LogP contribution in [0.25, 0.3) is 5.69 Å². The molecule has 0 aliphatic carbocycles. The average Bonchev–Trinajstić information content (AvgIpc) is 2.64. The van der Waals surface area contributed by atoms with E-state index in [1.807, 2.05) is 50.6 Å². The number of ketones is 1. The standard InChI is InChI=1S/C15H17ClN2O/c1-9-6-5-7-10(2)15(9)18-12(4)14(11(3)17-18)13(19)8-16/h5-7H,8H2,1-4H3. The largest absolute Gasteiger partial charge is 0.293 e. The van der Waals surface area contributed by atoms with Crippen LogP contribution in [0.3, 0.4) is 0 Å². The van der Waals surface area contributed by atoms with E-state index in [1.54, 1.807) is 0 Å². The Balaban J connectivity index is 2.69. The fourth-order valence-corrected chi connectivity index (χ4v) is 2.60. The highest BCUT2D eigenvalue weighted by Crippen LogP contribution is 2.23. The Morgan fingerprint density at radius 1 is 1.21 bits per heavy atom. The Morgan fingerprint density at radius 2 is 1.79 bits per heavy atom. The molecule has 1 heterocycles. The second kappa shape index (κ2) is 5.17. The summed E-state index contributed by atoms with van der Waals surface area (Å²) >= 11 is 5.66. The number of aromatic nitrogens is 2. The number of nitrogens with zero attached hydrogens (tertiary/aromatic N) is 2. The Labute approximate surface area is 118 Å². The van der Waals surface area contributed by atoms with Gasteiger partial charge in [0.1, 0.15) is 0 Å². The lowest BCUT2D eigenvalue weighted by molar-refractivity contribution is 0.102. The molecule has 0 radical (unpaired) electrons. The third-order valence-corrected chi connectivity index (χ3v) is 3.59. The summed E-state index contributed by atoms with van der Waals surface area (Å²) in [4.78, 5) is 11.9. The summed E-state index contributed by atoms with van der Waals surface area (Å²) < 4.78 is 1.85. The Bertz CT molecular complexity index is 624. The number of halogens is 1. The molecular formula is C15H17ClN2O. The molecule has 0 saturated carbocycles. The van der Waals surface area contributed by atoms with Gasteiger partial charge in [-0.3, -0.25) is 4.79 Å². The molecule has 100 valence electrons. The number of Topliss-reactive ketones (excluding diaryl/α,β-unsaturated/α-hetero) is 1. The first-order valence-corrected chi connectivity index (χ1v) is 6.72. The van der Waals surface area contributed by atoms with Crippen LogP contribution in [0.2, 0.25) is 0 Å². The Kier molecular flexibility index (Phi) is 3.76. The van der Waals surface area contributed by atoms with Gasteiger partial charge in [-0.05, 0) is 38.8 Å². The number of hydrogen-bond acceptors (Lipinski definition) is 2. The minimum absolute atomic E-state index is 0.0138. The van der Waals surface area contributed by atoms with Crippen LogP contribution in [0.4, 0.5) is 0 Å². The van der Waals surface area contributed by atoms with Gasteiger partial charge in [0.15, 0.2) is 5.78 Å². The van der Waals surface area contributed by atoms with Crippen molar-refractivity contribution < 1.29 is 4.79 Å². The van der Waals surface area contributed by atoms with Gasteiger partial charge in [0.05, 0.1) is 28.5 Å². The van der Waals surface area contributed by atoms with Crippen molar-refractivity contribution in [3.63, 3.8) is 0 Å². The number of carbonyl (C=O) groups excluding carboxylic acids is 1. The van der Waals surface area contributed by atoms with Gasteiger partial charge in [-0.2, -0.15) is 5.10 Å². The Morgan fingerprint density at radius 3 is 2.32 bits per heavy atom. The lowest BCUT2D eigenvalue weighted by atomic mass is 10.1. The third kappa shape index (κ3) is 2.30.